The van der Waals surface area contributed by atoms with Crippen molar-refractivity contribution in [2.75, 3.05) is 0 Å². The lowest BCUT2D eigenvalue weighted by atomic mass is 10.1. The van der Waals surface area contributed by atoms with Gasteiger partial charge < -0.3 is 4.98 Å². The molecule has 1 aromatic heterocycles. The molecule has 0 fully saturated rings. The number of hydrogen-bond donors (Lipinski definition) is 1. The second kappa shape index (κ2) is 3.60. The number of Topliss-reactive ketones (excluding diaryl/α,β-unsaturated/α-hetero) is 1. The van der Waals surface area contributed by atoms with Gasteiger partial charge >= 0.3 is 0 Å². The number of H-pyrrole nitrogens is 1. The zero-order valence-electron chi connectivity index (χ0n) is 9.25. The summed E-state index contributed by atoms with van der Waals surface area (Å²) in [5, 5.41) is 2.89. The Morgan fingerprint density at radius 3 is 2.65 bits per heavy atom. The Balaban J connectivity index is 2.39. The smallest absolute Gasteiger partial charge is 0.159 e. The van der Waals surface area contributed by atoms with Crippen LogP contribution < -0.4 is 0 Å². The summed E-state index contributed by atoms with van der Waals surface area (Å²) < 4.78 is 0. The molecule has 0 spiro atoms. The molecule has 0 atom stereocenters. The third-order valence-corrected chi connectivity index (χ3v) is 3.20. The van der Waals surface area contributed by atoms with Crippen LogP contribution in [-0.4, -0.2) is 10.8 Å². The Bertz CT molecular complexity index is 742. The third kappa shape index (κ3) is 1.61. The largest absolute Gasteiger partial charge is 0.354 e. The molecule has 0 aliphatic heterocycles. The maximum absolute atomic E-state index is 11.3. The minimum atomic E-state index is 0.0728. The quantitative estimate of drug-likeness (QED) is 0.639. The minimum Gasteiger partial charge on any atom is -0.354 e. The number of aromatic amines is 1. The Morgan fingerprint density at radius 1 is 1.06 bits per heavy atom. The molecule has 0 radical (unpaired) electrons. The summed E-state index contributed by atoms with van der Waals surface area (Å²) in [4.78, 5) is 14.6. The molecule has 0 saturated heterocycles. The van der Waals surface area contributed by atoms with Crippen molar-refractivity contribution >= 4 is 39.2 Å². The number of aromatic nitrogens is 1. The first-order valence-corrected chi connectivity index (χ1v) is 5.75. The fourth-order valence-corrected chi connectivity index (χ4v) is 2.27. The average Bonchev–Trinajstić information content (AvgIpc) is 2.66. The van der Waals surface area contributed by atoms with Gasteiger partial charge in [0.1, 0.15) is 0 Å². The summed E-state index contributed by atoms with van der Waals surface area (Å²) in [5.41, 5.74) is 2.72. The van der Waals surface area contributed by atoms with Gasteiger partial charge in [-0.25, -0.2) is 0 Å². The standard InChI is InChI=1S/C14H10ClNO/c1-8(17)9-2-4-11-12-7-10(15)3-5-13(12)16-14(11)6-9/h2-7,16H,1H3. The summed E-state index contributed by atoms with van der Waals surface area (Å²) >= 11 is 5.99. The van der Waals surface area contributed by atoms with E-state index in [4.69, 9.17) is 11.6 Å². The van der Waals surface area contributed by atoms with Crippen LogP contribution in [0.15, 0.2) is 36.4 Å². The number of carbonyl (C=O) groups is 1. The lowest BCUT2D eigenvalue weighted by Gasteiger charge is -1.95. The summed E-state index contributed by atoms with van der Waals surface area (Å²) in [5.74, 6) is 0.0728. The lowest BCUT2D eigenvalue weighted by molar-refractivity contribution is 0.101. The van der Waals surface area contributed by atoms with Gasteiger partial charge in [0, 0.05) is 32.4 Å². The van der Waals surface area contributed by atoms with Crippen LogP contribution in [0.1, 0.15) is 17.3 Å². The highest BCUT2D eigenvalue weighted by Gasteiger charge is 2.07. The number of ketones is 1. The molecule has 2 nitrogen and oxygen atoms in total. The van der Waals surface area contributed by atoms with Crippen LogP contribution in [0.4, 0.5) is 0 Å². The van der Waals surface area contributed by atoms with Crippen molar-refractivity contribution in [3.63, 3.8) is 0 Å². The number of nitrogens with one attached hydrogen (secondary N) is 1. The highest BCUT2D eigenvalue weighted by Crippen LogP contribution is 2.28. The first-order valence-electron chi connectivity index (χ1n) is 5.37. The first-order chi connectivity index (χ1) is 8.15. The van der Waals surface area contributed by atoms with E-state index in [2.05, 4.69) is 4.98 Å². The van der Waals surface area contributed by atoms with E-state index in [0.29, 0.717) is 5.02 Å². The predicted molar refractivity (Wildman–Crippen MR) is 70.8 cm³/mol. The van der Waals surface area contributed by atoms with E-state index < -0.39 is 0 Å². The summed E-state index contributed by atoms with van der Waals surface area (Å²) in [7, 11) is 0. The second-order valence-corrected chi connectivity index (χ2v) is 4.57. The van der Waals surface area contributed by atoms with Crippen LogP contribution in [0.2, 0.25) is 5.02 Å². The number of halogens is 1. The van der Waals surface area contributed by atoms with Gasteiger partial charge in [0.25, 0.3) is 0 Å². The maximum atomic E-state index is 11.3. The first kappa shape index (κ1) is 10.4. The van der Waals surface area contributed by atoms with Gasteiger partial charge in [0.2, 0.25) is 0 Å². The normalized spacial score (nSPS) is 11.2. The summed E-state index contributed by atoms with van der Waals surface area (Å²) in [6, 6.07) is 11.4. The Hall–Kier alpha value is -1.80. The molecule has 1 N–H and O–H groups in total. The van der Waals surface area contributed by atoms with Crippen molar-refractivity contribution in [1.82, 2.24) is 4.98 Å². The number of carbonyl (C=O) groups excluding carboxylic acids is 1. The van der Waals surface area contributed by atoms with Crippen LogP contribution in [0.3, 0.4) is 0 Å². The fraction of sp³-hybridized carbons (Fsp3) is 0.0714. The molecule has 3 heteroatoms. The molecule has 0 aliphatic rings. The highest BCUT2D eigenvalue weighted by molar-refractivity contribution is 6.31. The molecule has 3 rings (SSSR count). The van der Waals surface area contributed by atoms with Gasteiger partial charge in [0.15, 0.2) is 5.78 Å². The van der Waals surface area contributed by atoms with Crippen molar-refractivity contribution in [2.45, 2.75) is 6.92 Å². The SMILES string of the molecule is CC(=O)c1ccc2c(c1)[nH]c1ccc(Cl)cc12. The molecule has 84 valence electrons. The van der Waals surface area contributed by atoms with E-state index in [9.17, 15) is 4.79 Å². The van der Waals surface area contributed by atoms with Gasteiger partial charge in [-0.05, 0) is 31.2 Å². The summed E-state index contributed by atoms with van der Waals surface area (Å²) in [6.07, 6.45) is 0. The van der Waals surface area contributed by atoms with Crippen LogP contribution in [-0.2, 0) is 0 Å². The zero-order chi connectivity index (χ0) is 12.0. The fourth-order valence-electron chi connectivity index (χ4n) is 2.09. The third-order valence-electron chi connectivity index (χ3n) is 2.97. The molecule has 0 saturated carbocycles. The van der Waals surface area contributed by atoms with Crippen LogP contribution in [0.5, 0.6) is 0 Å². The highest BCUT2D eigenvalue weighted by atomic mass is 35.5. The van der Waals surface area contributed by atoms with Crippen LogP contribution in [0, 0.1) is 0 Å². The zero-order valence-corrected chi connectivity index (χ0v) is 10.0. The minimum absolute atomic E-state index is 0.0728. The molecule has 0 aliphatic carbocycles. The Morgan fingerprint density at radius 2 is 1.88 bits per heavy atom. The van der Waals surface area contributed by atoms with Crippen LogP contribution in [0.25, 0.3) is 21.8 Å². The molecular formula is C14H10ClNO. The van der Waals surface area contributed by atoms with Gasteiger partial charge in [0.05, 0.1) is 0 Å². The molecule has 1 heterocycles. The van der Waals surface area contributed by atoms with Crippen molar-refractivity contribution in [1.29, 1.82) is 0 Å². The van der Waals surface area contributed by atoms with Crippen LogP contribution >= 0.6 is 11.6 Å². The van der Waals surface area contributed by atoms with E-state index in [-0.39, 0.29) is 5.78 Å². The van der Waals surface area contributed by atoms with E-state index in [1.807, 2.05) is 36.4 Å². The number of fused-ring (bicyclic) bond motifs is 3. The van der Waals surface area contributed by atoms with Gasteiger partial charge in [-0.1, -0.05) is 23.7 Å². The van der Waals surface area contributed by atoms with E-state index in [0.717, 1.165) is 27.4 Å². The molecule has 0 amide bonds. The van der Waals surface area contributed by atoms with E-state index in [1.54, 1.807) is 6.92 Å². The number of benzene rings is 2. The van der Waals surface area contributed by atoms with Crippen molar-refractivity contribution in [3.05, 3.63) is 47.0 Å². The van der Waals surface area contributed by atoms with Gasteiger partial charge in [-0.2, -0.15) is 0 Å². The topological polar surface area (TPSA) is 32.9 Å². The predicted octanol–water partition coefficient (Wildman–Crippen LogP) is 4.18. The molecular weight excluding hydrogens is 234 g/mol. The monoisotopic (exact) mass is 243 g/mol. The lowest BCUT2D eigenvalue weighted by Crippen LogP contribution is -1.90. The molecule has 0 unspecified atom stereocenters. The van der Waals surface area contributed by atoms with Crippen molar-refractivity contribution < 1.29 is 4.79 Å². The van der Waals surface area contributed by atoms with E-state index in [1.165, 1.54) is 0 Å². The molecule has 3 aromatic rings. The number of hydrogen-bond acceptors (Lipinski definition) is 1. The summed E-state index contributed by atoms with van der Waals surface area (Å²) in [6.45, 7) is 1.57. The Labute approximate surface area is 103 Å². The molecule has 2 aromatic carbocycles. The molecule has 17 heavy (non-hydrogen) atoms. The average molecular weight is 244 g/mol. The van der Waals surface area contributed by atoms with Crippen molar-refractivity contribution in [3.8, 4) is 0 Å². The second-order valence-electron chi connectivity index (χ2n) is 4.13. The maximum Gasteiger partial charge on any atom is 0.159 e. The van der Waals surface area contributed by atoms with E-state index >= 15 is 0 Å². The van der Waals surface area contributed by atoms with Gasteiger partial charge in [-0.15, -0.1) is 0 Å². The molecule has 0 bridgehead atoms. The Kier molecular flexibility index (Phi) is 2.20. The van der Waals surface area contributed by atoms with Crippen molar-refractivity contribution in [2.24, 2.45) is 0 Å². The number of rotatable bonds is 1. The van der Waals surface area contributed by atoms with Gasteiger partial charge in [-0.3, -0.25) is 4.79 Å².